The molecule has 1 N–H and O–H groups in total. The minimum atomic E-state index is 0.785. The van der Waals surface area contributed by atoms with Crippen molar-refractivity contribution in [2.75, 3.05) is 33.2 Å². The fourth-order valence-electron chi connectivity index (χ4n) is 4.01. The molecule has 1 saturated carbocycles. The smallest absolute Gasteiger partial charge is 0.0223 e. The van der Waals surface area contributed by atoms with Crippen molar-refractivity contribution in [2.45, 2.75) is 70.5 Å². The number of nitrogens with zero attached hydrogens (tertiary/aromatic N) is 2. The first-order valence-electron chi connectivity index (χ1n) is 8.42. The number of likely N-dealkylation sites (tertiary alicyclic amines) is 1. The van der Waals surface area contributed by atoms with Crippen LogP contribution in [0, 0.1) is 0 Å². The van der Waals surface area contributed by atoms with Gasteiger partial charge in [-0.2, -0.15) is 0 Å². The molecule has 0 spiro atoms. The number of hydrogen-bond acceptors (Lipinski definition) is 3. The minimum absolute atomic E-state index is 0.785. The van der Waals surface area contributed by atoms with E-state index in [0.29, 0.717) is 0 Å². The second kappa shape index (κ2) is 7.61. The summed E-state index contributed by atoms with van der Waals surface area (Å²) in [6, 6.07) is 2.43. The van der Waals surface area contributed by atoms with E-state index in [-0.39, 0.29) is 0 Å². The zero-order chi connectivity index (χ0) is 13.7. The van der Waals surface area contributed by atoms with E-state index >= 15 is 0 Å². The highest BCUT2D eigenvalue weighted by molar-refractivity contribution is 4.86. The van der Waals surface area contributed by atoms with Gasteiger partial charge in [0.25, 0.3) is 0 Å². The second-order valence-electron chi connectivity index (χ2n) is 6.43. The lowest BCUT2D eigenvalue weighted by atomic mass is 9.90. The largest absolute Gasteiger partial charge is 0.314 e. The Kier molecular flexibility index (Phi) is 6.11. The van der Waals surface area contributed by atoms with Crippen molar-refractivity contribution < 1.29 is 0 Å². The van der Waals surface area contributed by atoms with Crippen LogP contribution < -0.4 is 5.32 Å². The molecule has 0 amide bonds. The highest BCUT2D eigenvalue weighted by Crippen LogP contribution is 2.24. The maximum absolute atomic E-state index is 3.61. The maximum Gasteiger partial charge on any atom is 0.0223 e. The average molecular weight is 267 g/mol. The first-order chi connectivity index (χ1) is 9.24. The molecule has 1 heterocycles. The predicted octanol–water partition coefficient (Wildman–Crippen LogP) is 2.32. The van der Waals surface area contributed by atoms with E-state index in [1.807, 2.05) is 0 Å². The zero-order valence-electron chi connectivity index (χ0n) is 13.2. The Morgan fingerprint density at radius 1 is 1.11 bits per heavy atom. The van der Waals surface area contributed by atoms with Crippen LogP contribution in [0.4, 0.5) is 0 Å². The molecule has 2 fully saturated rings. The molecule has 112 valence electrons. The third-order valence-corrected chi connectivity index (χ3v) is 5.22. The Labute approximate surface area is 119 Å². The van der Waals surface area contributed by atoms with Crippen LogP contribution in [0.15, 0.2) is 0 Å². The Hall–Kier alpha value is -0.120. The van der Waals surface area contributed by atoms with Gasteiger partial charge in [0.15, 0.2) is 0 Å². The van der Waals surface area contributed by atoms with Gasteiger partial charge in [-0.3, -0.25) is 4.90 Å². The van der Waals surface area contributed by atoms with Crippen LogP contribution >= 0.6 is 0 Å². The fraction of sp³-hybridized carbons (Fsp3) is 1.00. The van der Waals surface area contributed by atoms with E-state index in [9.17, 15) is 0 Å². The highest BCUT2D eigenvalue weighted by atomic mass is 15.2. The summed E-state index contributed by atoms with van der Waals surface area (Å²) in [6.07, 6.45) is 8.31. The summed E-state index contributed by atoms with van der Waals surface area (Å²) in [6.45, 7) is 9.48. The van der Waals surface area contributed by atoms with Crippen molar-refractivity contribution in [3.8, 4) is 0 Å². The monoisotopic (exact) mass is 267 g/mol. The van der Waals surface area contributed by atoms with Gasteiger partial charge in [0, 0.05) is 24.7 Å². The van der Waals surface area contributed by atoms with E-state index in [0.717, 1.165) is 24.7 Å². The number of hydrogen-bond donors (Lipinski definition) is 1. The molecule has 19 heavy (non-hydrogen) atoms. The van der Waals surface area contributed by atoms with E-state index in [2.05, 4.69) is 36.0 Å². The molecule has 1 unspecified atom stereocenters. The van der Waals surface area contributed by atoms with E-state index in [4.69, 9.17) is 0 Å². The third kappa shape index (κ3) is 4.17. The van der Waals surface area contributed by atoms with Crippen LogP contribution in [0.2, 0.25) is 0 Å². The van der Waals surface area contributed by atoms with Crippen LogP contribution in [0.3, 0.4) is 0 Å². The molecule has 3 nitrogen and oxygen atoms in total. The SMILES string of the molecule is CCNC1CCC(N(C)CC2CCCN2CC)CC1. The fourth-order valence-corrected chi connectivity index (χ4v) is 4.01. The molecular formula is C16H33N3. The van der Waals surface area contributed by atoms with Crippen LogP contribution in [-0.4, -0.2) is 61.2 Å². The van der Waals surface area contributed by atoms with Crippen LogP contribution in [0.5, 0.6) is 0 Å². The summed E-state index contributed by atoms with van der Waals surface area (Å²) in [7, 11) is 2.35. The van der Waals surface area contributed by atoms with Crippen molar-refractivity contribution in [1.82, 2.24) is 15.1 Å². The molecule has 0 bridgehead atoms. The standard InChI is InChI=1S/C16H33N3/c1-4-17-14-8-10-15(11-9-14)18(3)13-16-7-6-12-19(16)5-2/h14-17H,4-13H2,1-3H3. The Balaban J connectivity index is 1.73. The molecule has 1 aliphatic heterocycles. The number of likely N-dealkylation sites (N-methyl/N-ethyl adjacent to an activating group) is 2. The minimum Gasteiger partial charge on any atom is -0.314 e. The summed E-state index contributed by atoms with van der Waals surface area (Å²) in [5, 5.41) is 3.61. The van der Waals surface area contributed by atoms with Crippen LogP contribution in [0.25, 0.3) is 0 Å². The summed E-state index contributed by atoms with van der Waals surface area (Å²) < 4.78 is 0. The van der Waals surface area contributed by atoms with Crippen molar-refractivity contribution in [3.05, 3.63) is 0 Å². The van der Waals surface area contributed by atoms with E-state index in [1.165, 1.54) is 58.2 Å². The van der Waals surface area contributed by atoms with Crippen molar-refractivity contribution in [3.63, 3.8) is 0 Å². The average Bonchev–Trinajstić information content (AvgIpc) is 2.87. The molecule has 3 heteroatoms. The third-order valence-electron chi connectivity index (χ3n) is 5.22. The normalized spacial score (nSPS) is 33.2. The molecule has 1 atom stereocenters. The quantitative estimate of drug-likeness (QED) is 0.797. The van der Waals surface area contributed by atoms with Crippen LogP contribution in [0.1, 0.15) is 52.4 Å². The summed E-state index contributed by atoms with van der Waals surface area (Å²) >= 11 is 0. The Bertz CT molecular complexity index is 248. The molecule has 0 aromatic rings. The number of rotatable bonds is 6. The number of nitrogens with one attached hydrogen (secondary N) is 1. The molecule has 1 saturated heterocycles. The van der Waals surface area contributed by atoms with Gasteiger partial charge < -0.3 is 10.2 Å². The van der Waals surface area contributed by atoms with Gasteiger partial charge in [-0.15, -0.1) is 0 Å². The maximum atomic E-state index is 3.61. The molecule has 2 rings (SSSR count). The van der Waals surface area contributed by atoms with Gasteiger partial charge >= 0.3 is 0 Å². The van der Waals surface area contributed by atoms with Gasteiger partial charge in [0.2, 0.25) is 0 Å². The topological polar surface area (TPSA) is 18.5 Å². The molecule has 0 aromatic heterocycles. The summed E-state index contributed by atoms with van der Waals surface area (Å²) in [5.41, 5.74) is 0. The van der Waals surface area contributed by atoms with Gasteiger partial charge in [0.1, 0.15) is 0 Å². The summed E-state index contributed by atoms with van der Waals surface area (Å²) in [4.78, 5) is 5.32. The summed E-state index contributed by atoms with van der Waals surface area (Å²) in [5.74, 6) is 0. The lowest BCUT2D eigenvalue weighted by Gasteiger charge is -2.37. The van der Waals surface area contributed by atoms with Crippen LogP contribution in [-0.2, 0) is 0 Å². The van der Waals surface area contributed by atoms with Crippen molar-refractivity contribution in [1.29, 1.82) is 0 Å². The molecule has 0 aromatic carbocycles. The first-order valence-corrected chi connectivity index (χ1v) is 8.42. The van der Waals surface area contributed by atoms with Gasteiger partial charge in [-0.1, -0.05) is 13.8 Å². The van der Waals surface area contributed by atoms with E-state index in [1.54, 1.807) is 0 Å². The van der Waals surface area contributed by atoms with Gasteiger partial charge in [0.05, 0.1) is 0 Å². The zero-order valence-corrected chi connectivity index (χ0v) is 13.2. The second-order valence-corrected chi connectivity index (χ2v) is 6.43. The first kappa shape index (κ1) is 15.3. The Morgan fingerprint density at radius 3 is 2.47 bits per heavy atom. The predicted molar refractivity (Wildman–Crippen MR) is 82.6 cm³/mol. The van der Waals surface area contributed by atoms with Gasteiger partial charge in [-0.25, -0.2) is 0 Å². The van der Waals surface area contributed by atoms with Crippen molar-refractivity contribution >= 4 is 0 Å². The molecule has 1 aliphatic carbocycles. The Morgan fingerprint density at radius 2 is 1.84 bits per heavy atom. The van der Waals surface area contributed by atoms with Gasteiger partial charge in [-0.05, 0) is 65.2 Å². The van der Waals surface area contributed by atoms with Crippen molar-refractivity contribution in [2.24, 2.45) is 0 Å². The highest BCUT2D eigenvalue weighted by Gasteiger charge is 2.28. The molecular weight excluding hydrogens is 234 g/mol. The lowest BCUT2D eigenvalue weighted by molar-refractivity contribution is 0.131. The molecule has 0 radical (unpaired) electrons. The van der Waals surface area contributed by atoms with E-state index < -0.39 is 0 Å². The lowest BCUT2D eigenvalue weighted by Crippen LogP contribution is -2.45. The molecule has 2 aliphatic rings.